The lowest BCUT2D eigenvalue weighted by atomic mass is 10.00. The maximum absolute atomic E-state index is 9.92. The normalized spacial score (nSPS) is 14.2. The highest BCUT2D eigenvalue weighted by Gasteiger charge is 2.15. The standard InChI is InChI=1S/C15H21ClO2/c1-12(9-16)8-15(17)13(2)10-18-11-14-6-4-3-5-7-14/h3-7,13,15,17H,1,8-11H2,2H3/t13-,15+/m1/s1. The minimum atomic E-state index is -0.438. The van der Waals surface area contributed by atoms with Crippen molar-refractivity contribution < 1.29 is 9.84 Å². The van der Waals surface area contributed by atoms with Gasteiger partial charge in [0.05, 0.1) is 19.3 Å². The predicted octanol–water partition coefficient (Wildman–Crippen LogP) is 3.39. The molecule has 1 aromatic carbocycles. The number of halogens is 1. The van der Waals surface area contributed by atoms with Crippen molar-refractivity contribution in [1.82, 2.24) is 0 Å². The van der Waals surface area contributed by atoms with Crippen LogP contribution >= 0.6 is 11.6 Å². The van der Waals surface area contributed by atoms with E-state index in [0.29, 0.717) is 25.5 Å². The van der Waals surface area contributed by atoms with Gasteiger partial charge in [0.25, 0.3) is 0 Å². The number of rotatable bonds is 8. The molecule has 0 aliphatic rings. The zero-order valence-electron chi connectivity index (χ0n) is 10.8. The summed E-state index contributed by atoms with van der Waals surface area (Å²) in [4.78, 5) is 0. The van der Waals surface area contributed by atoms with E-state index >= 15 is 0 Å². The molecule has 1 N–H and O–H groups in total. The van der Waals surface area contributed by atoms with Crippen molar-refractivity contribution in [3.05, 3.63) is 48.0 Å². The van der Waals surface area contributed by atoms with Crippen LogP contribution in [-0.4, -0.2) is 23.7 Å². The minimum absolute atomic E-state index is 0.0775. The molecular formula is C15H21ClO2. The van der Waals surface area contributed by atoms with E-state index in [-0.39, 0.29) is 5.92 Å². The summed E-state index contributed by atoms with van der Waals surface area (Å²) in [6, 6.07) is 10.0. The number of hydrogen-bond donors (Lipinski definition) is 1. The Hall–Kier alpha value is -0.830. The summed E-state index contributed by atoms with van der Waals surface area (Å²) < 4.78 is 5.60. The van der Waals surface area contributed by atoms with E-state index < -0.39 is 6.10 Å². The van der Waals surface area contributed by atoms with Gasteiger partial charge in [-0.1, -0.05) is 49.4 Å². The van der Waals surface area contributed by atoms with Crippen LogP contribution in [0.4, 0.5) is 0 Å². The highest BCUT2D eigenvalue weighted by Crippen LogP contribution is 2.14. The van der Waals surface area contributed by atoms with Crippen LogP contribution in [0.3, 0.4) is 0 Å². The van der Waals surface area contributed by atoms with Gasteiger partial charge in [-0.25, -0.2) is 0 Å². The highest BCUT2D eigenvalue weighted by molar-refractivity contribution is 6.19. The van der Waals surface area contributed by atoms with Crippen molar-refractivity contribution in [3.8, 4) is 0 Å². The van der Waals surface area contributed by atoms with Gasteiger partial charge in [-0.3, -0.25) is 0 Å². The van der Waals surface area contributed by atoms with E-state index in [1.54, 1.807) is 0 Å². The maximum Gasteiger partial charge on any atom is 0.0717 e. The molecule has 2 atom stereocenters. The second-order valence-electron chi connectivity index (χ2n) is 4.63. The average molecular weight is 269 g/mol. The van der Waals surface area contributed by atoms with Gasteiger partial charge in [0.2, 0.25) is 0 Å². The van der Waals surface area contributed by atoms with Crippen molar-refractivity contribution in [2.75, 3.05) is 12.5 Å². The first-order valence-corrected chi connectivity index (χ1v) is 6.69. The van der Waals surface area contributed by atoms with Crippen molar-refractivity contribution in [2.45, 2.75) is 26.1 Å². The molecule has 0 aliphatic carbocycles. The summed E-state index contributed by atoms with van der Waals surface area (Å²) >= 11 is 5.64. The van der Waals surface area contributed by atoms with Crippen molar-refractivity contribution >= 4 is 11.6 Å². The average Bonchev–Trinajstić information content (AvgIpc) is 2.39. The Bertz CT molecular complexity index is 351. The van der Waals surface area contributed by atoms with Gasteiger partial charge in [0, 0.05) is 11.8 Å². The van der Waals surface area contributed by atoms with E-state index in [0.717, 1.165) is 11.1 Å². The smallest absolute Gasteiger partial charge is 0.0717 e. The molecular weight excluding hydrogens is 248 g/mol. The van der Waals surface area contributed by atoms with Crippen LogP contribution in [0.1, 0.15) is 18.9 Å². The van der Waals surface area contributed by atoms with Crippen LogP contribution in [0.15, 0.2) is 42.5 Å². The first kappa shape index (κ1) is 15.2. The molecule has 2 nitrogen and oxygen atoms in total. The first-order valence-electron chi connectivity index (χ1n) is 6.15. The number of alkyl halides is 1. The van der Waals surface area contributed by atoms with E-state index in [4.69, 9.17) is 16.3 Å². The second-order valence-corrected chi connectivity index (χ2v) is 4.90. The Kier molecular flexibility index (Phi) is 7.02. The topological polar surface area (TPSA) is 29.5 Å². The Balaban J connectivity index is 2.24. The van der Waals surface area contributed by atoms with Crippen LogP contribution in [0, 0.1) is 5.92 Å². The molecule has 3 heteroatoms. The lowest BCUT2D eigenvalue weighted by Gasteiger charge is -2.19. The van der Waals surface area contributed by atoms with Gasteiger partial charge in [-0.2, -0.15) is 0 Å². The fourth-order valence-corrected chi connectivity index (χ4v) is 1.71. The number of hydrogen-bond acceptors (Lipinski definition) is 2. The van der Waals surface area contributed by atoms with E-state index in [9.17, 15) is 5.11 Å². The molecule has 0 radical (unpaired) electrons. The van der Waals surface area contributed by atoms with Crippen molar-refractivity contribution in [3.63, 3.8) is 0 Å². The van der Waals surface area contributed by atoms with Crippen molar-refractivity contribution in [1.29, 1.82) is 0 Å². The second kappa shape index (κ2) is 8.30. The minimum Gasteiger partial charge on any atom is -0.392 e. The number of aliphatic hydroxyl groups is 1. The molecule has 1 rings (SSSR count). The van der Waals surface area contributed by atoms with Gasteiger partial charge >= 0.3 is 0 Å². The molecule has 0 amide bonds. The highest BCUT2D eigenvalue weighted by atomic mass is 35.5. The van der Waals surface area contributed by atoms with Crippen LogP contribution < -0.4 is 0 Å². The number of aliphatic hydroxyl groups excluding tert-OH is 1. The zero-order chi connectivity index (χ0) is 13.4. The molecule has 0 heterocycles. The predicted molar refractivity (Wildman–Crippen MR) is 75.7 cm³/mol. The molecule has 0 saturated carbocycles. The molecule has 0 aromatic heterocycles. The fourth-order valence-electron chi connectivity index (χ4n) is 1.60. The first-order chi connectivity index (χ1) is 8.63. The molecule has 0 fully saturated rings. The lowest BCUT2D eigenvalue weighted by molar-refractivity contribution is 0.0292. The molecule has 18 heavy (non-hydrogen) atoms. The number of benzene rings is 1. The molecule has 100 valence electrons. The van der Waals surface area contributed by atoms with Gasteiger partial charge in [-0.05, 0) is 12.0 Å². The lowest BCUT2D eigenvalue weighted by Crippen LogP contribution is -2.23. The Morgan fingerprint density at radius 3 is 2.67 bits per heavy atom. The van der Waals surface area contributed by atoms with Crippen LogP contribution in [-0.2, 0) is 11.3 Å². The SMILES string of the molecule is C=C(CCl)C[C@H](O)[C@H](C)COCc1ccccc1. The monoisotopic (exact) mass is 268 g/mol. The zero-order valence-corrected chi connectivity index (χ0v) is 11.6. The largest absolute Gasteiger partial charge is 0.392 e. The van der Waals surface area contributed by atoms with Gasteiger partial charge in [0.1, 0.15) is 0 Å². The van der Waals surface area contributed by atoms with E-state index in [1.165, 1.54) is 0 Å². The van der Waals surface area contributed by atoms with Crippen LogP contribution in [0.25, 0.3) is 0 Å². The molecule has 1 aromatic rings. The quantitative estimate of drug-likeness (QED) is 0.579. The Morgan fingerprint density at radius 1 is 1.39 bits per heavy atom. The number of ether oxygens (including phenoxy) is 1. The maximum atomic E-state index is 9.92. The molecule has 0 spiro atoms. The summed E-state index contributed by atoms with van der Waals surface area (Å²) in [6.45, 7) is 6.87. The summed E-state index contributed by atoms with van der Waals surface area (Å²) in [5, 5.41) is 9.92. The van der Waals surface area contributed by atoms with E-state index in [1.807, 2.05) is 37.3 Å². The van der Waals surface area contributed by atoms with Gasteiger partial charge < -0.3 is 9.84 Å². The summed E-state index contributed by atoms with van der Waals surface area (Å²) in [5.41, 5.74) is 2.00. The third-order valence-corrected chi connectivity index (χ3v) is 3.21. The molecule has 0 saturated heterocycles. The molecule has 0 aliphatic heterocycles. The fraction of sp³-hybridized carbons (Fsp3) is 0.467. The summed E-state index contributed by atoms with van der Waals surface area (Å²) in [6.07, 6.45) is 0.103. The Morgan fingerprint density at radius 2 is 2.06 bits per heavy atom. The third-order valence-electron chi connectivity index (χ3n) is 2.84. The Labute approximate surface area is 114 Å². The van der Waals surface area contributed by atoms with Crippen molar-refractivity contribution in [2.24, 2.45) is 5.92 Å². The van der Waals surface area contributed by atoms with Crippen LogP contribution in [0.2, 0.25) is 0 Å². The molecule has 0 bridgehead atoms. The summed E-state index contributed by atoms with van der Waals surface area (Å²) in [7, 11) is 0. The van der Waals surface area contributed by atoms with Gasteiger partial charge in [-0.15, -0.1) is 11.6 Å². The van der Waals surface area contributed by atoms with Gasteiger partial charge in [0.15, 0.2) is 0 Å². The van der Waals surface area contributed by atoms with Crippen LogP contribution in [0.5, 0.6) is 0 Å². The third kappa shape index (κ3) is 5.67. The molecule has 0 unspecified atom stereocenters. The summed E-state index contributed by atoms with van der Waals surface area (Å²) in [5.74, 6) is 0.475. The van der Waals surface area contributed by atoms with E-state index in [2.05, 4.69) is 6.58 Å².